The number of benzene rings is 2. The van der Waals surface area contributed by atoms with Crippen LogP contribution in [0.25, 0.3) is 0 Å². The van der Waals surface area contributed by atoms with Gasteiger partial charge in [0.1, 0.15) is 0 Å². The van der Waals surface area contributed by atoms with Crippen molar-refractivity contribution >= 4 is 39.1 Å². The molecule has 0 aromatic heterocycles. The molecule has 26 heavy (non-hydrogen) atoms. The van der Waals surface area contributed by atoms with Gasteiger partial charge in [-0.25, -0.2) is 17.5 Å². The van der Waals surface area contributed by atoms with Crippen LogP contribution >= 0.6 is 11.6 Å². The van der Waals surface area contributed by atoms with E-state index in [1.54, 1.807) is 0 Å². The Morgan fingerprint density at radius 2 is 1.85 bits per heavy atom. The monoisotopic (exact) mass is 395 g/mol. The van der Waals surface area contributed by atoms with Crippen molar-refractivity contribution in [2.24, 2.45) is 0 Å². The van der Waals surface area contributed by atoms with Crippen LogP contribution in [0.1, 0.15) is 10.4 Å². The number of fused-ring (bicyclic) bond motifs is 2. The molecule has 2 aliphatic rings. The Labute approximate surface area is 152 Å². The topological polar surface area (TPSA) is 110 Å². The molecule has 1 unspecified atom stereocenters. The number of anilines is 1. The summed E-state index contributed by atoms with van der Waals surface area (Å²) in [6.07, 6.45) is 0. The Morgan fingerprint density at radius 1 is 1.19 bits per heavy atom. The highest BCUT2D eigenvalue weighted by molar-refractivity contribution is 7.93. The second-order valence-corrected chi connectivity index (χ2v) is 7.75. The summed E-state index contributed by atoms with van der Waals surface area (Å²) in [5, 5.41) is 9.47. The van der Waals surface area contributed by atoms with Crippen molar-refractivity contribution in [2.75, 3.05) is 11.1 Å². The van der Waals surface area contributed by atoms with E-state index in [1.807, 2.05) is 0 Å². The molecule has 0 saturated carbocycles. The fourth-order valence-electron chi connectivity index (χ4n) is 2.95. The first kappa shape index (κ1) is 16.7. The van der Waals surface area contributed by atoms with Gasteiger partial charge in [-0.3, -0.25) is 4.79 Å². The molecule has 2 heterocycles. The molecular formula is C16H10ClNO7S. The van der Waals surface area contributed by atoms with E-state index in [2.05, 4.69) is 0 Å². The number of sulfonamides is 1. The number of Topliss-reactive ketones (excluding diaryl/α,β-unsaturated/α-hetero) is 1. The number of rotatable bonds is 2. The number of aliphatic carboxylic acids is 1. The van der Waals surface area contributed by atoms with Gasteiger partial charge in [-0.1, -0.05) is 23.7 Å². The zero-order valence-electron chi connectivity index (χ0n) is 12.9. The van der Waals surface area contributed by atoms with Crippen molar-refractivity contribution in [3.8, 4) is 11.5 Å². The van der Waals surface area contributed by atoms with Gasteiger partial charge in [0.15, 0.2) is 17.3 Å². The zero-order chi connectivity index (χ0) is 18.6. The lowest BCUT2D eigenvalue weighted by atomic mass is 10.0. The summed E-state index contributed by atoms with van der Waals surface area (Å²) in [6, 6.07) is 6.03. The lowest BCUT2D eigenvalue weighted by molar-refractivity contribution is -0.137. The number of nitrogens with zero attached hydrogens (tertiary/aromatic N) is 1. The van der Waals surface area contributed by atoms with E-state index in [9.17, 15) is 23.1 Å². The number of ketones is 1. The van der Waals surface area contributed by atoms with E-state index in [0.717, 1.165) is 0 Å². The summed E-state index contributed by atoms with van der Waals surface area (Å²) in [6.45, 7) is -0.0774. The molecule has 8 nitrogen and oxygen atoms in total. The molecule has 2 aromatic carbocycles. The molecule has 10 heteroatoms. The summed E-state index contributed by atoms with van der Waals surface area (Å²) in [4.78, 5) is 24.2. The van der Waals surface area contributed by atoms with Crippen LogP contribution in [0.2, 0.25) is 5.02 Å². The first-order valence-corrected chi connectivity index (χ1v) is 9.14. The second-order valence-electron chi connectivity index (χ2n) is 5.56. The minimum absolute atomic E-state index is 0.0774. The molecule has 1 atom stereocenters. The molecule has 0 fully saturated rings. The van der Waals surface area contributed by atoms with Crippen LogP contribution < -0.4 is 13.8 Å². The summed E-state index contributed by atoms with van der Waals surface area (Å²) in [5.41, 5.74) is -0.348. The Morgan fingerprint density at radius 3 is 2.54 bits per heavy atom. The van der Waals surface area contributed by atoms with Crippen LogP contribution in [-0.2, 0) is 14.8 Å². The molecule has 0 amide bonds. The molecule has 134 valence electrons. The molecule has 1 N–H and O–H groups in total. The Hall–Kier alpha value is -2.78. The summed E-state index contributed by atoms with van der Waals surface area (Å²) in [7, 11) is -4.35. The van der Waals surface area contributed by atoms with Crippen LogP contribution in [0.5, 0.6) is 11.5 Å². The smallest absolute Gasteiger partial charge is 0.335 e. The van der Waals surface area contributed by atoms with Crippen molar-refractivity contribution in [2.45, 2.75) is 10.9 Å². The van der Waals surface area contributed by atoms with E-state index < -0.39 is 27.8 Å². The SMILES string of the molecule is O=C(O)C1C(=O)c2ccccc2S(=O)(=O)N1c1cc2c(cc1Cl)OCO2. The van der Waals surface area contributed by atoms with Crippen LogP contribution in [0.4, 0.5) is 5.69 Å². The number of carboxylic acids is 1. The maximum absolute atomic E-state index is 13.1. The predicted octanol–water partition coefficient (Wildman–Crippen LogP) is 1.91. The number of carboxylic acid groups (broad SMARTS) is 1. The van der Waals surface area contributed by atoms with Gasteiger partial charge in [0.2, 0.25) is 12.8 Å². The maximum Gasteiger partial charge on any atom is 0.335 e. The Kier molecular flexibility index (Phi) is 3.60. The van der Waals surface area contributed by atoms with E-state index in [4.69, 9.17) is 21.1 Å². The molecule has 0 spiro atoms. The third-order valence-electron chi connectivity index (χ3n) is 4.09. The fraction of sp³-hybridized carbons (Fsp3) is 0.125. The van der Waals surface area contributed by atoms with Crippen LogP contribution in [0, 0.1) is 0 Å². The van der Waals surface area contributed by atoms with E-state index in [0.29, 0.717) is 10.1 Å². The summed E-state index contributed by atoms with van der Waals surface area (Å²) < 4.78 is 37.1. The minimum Gasteiger partial charge on any atom is -0.479 e. The standard InChI is InChI=1S/C16H10ClNO7S/c17-9-5-11-12(25-7-24-11)6-10(9)18-14(16(20)21)15(19)8-3-1-2-4-13(8)26(18,22)23/h1-6,14H,7H2,(H,20,21). The van der Waals surface area contributed by atoms with Crippen molar-refractivity contribution < 1.29 is 32.6 Å². The number of halogens is 1. The third kappa shape index (κ3) is 2.24. The molecule has 0 saturated heterocycles. The number of hydrogen-bond donors (Lipinski definition) is 1. The van der Waals surface area contributed by atoms with Gasteiger partial charge >= 0.3 is 5.97 Å². The normalized spacial score (nSPS) is 20.0. The Balaban J connectivity index is 2.00. The quantitative estimate of drug-likeness (QED) is 0.773. The number of hydrogen-bond acceptors (Lipinski definition) is 6. The summed E-state index contributed by atoms with van der Waals surface area (Å²) >= 11 is 6.17. The number of carbonyl (C=O) groups excluding carboxylic acids is 1. The average Bonchev–Trinajstić information content (AvgIpc) is 3.04. The largest absolute Gasteiger partial charge is 0.479 e. The van der Waals surface area contributed by atoms with Gasteiger partial charge in [-0.05, 0) is 12.1 Å². The zero-order valence-corrected chi connectivity index (χ0v) is 14.5. The number of ether oxygens (including phenoxy) is 2. The highest BCUT2D eigenvalue weighted by Gasteiger charge is 2.48. The van der Waals surface area contributed by atoms with Crippen molar-refractivity contribution in [3.63, 3.8) is 0 Å². The fourth-order valence-corrected chi connectivity index (χ4v) is 5.03. The number of carbonyl (C=O) groups is 2. The van der Waals surface area contributed by atoms with E-state index >= 15 is 0 Å². The van der Waals surface area contributed by atoms with Crippen LogP contribution in [-0.4, -0.2) is 38.1 Å². The van der Waals surface area contributed by atoms with Gasteiger partial charge < -0.3 is 14.6 Å². The molecule has 0 radical (unpaired) electrons. The maximum atomic E-state index is 13.1. The highest BCUT2D eigenvalue weighted by Crippen LogP contribution is 2.44. The second kappa shape index (κ2) is 5.61. The molecule has 4 rings (SSSR count). The minimum atomic E-state index is -4.35. The predicted molar refractivity (Wildman–Crippen MR) is 89.4 cm³/mol. The lowest BCUT2D eigenvalue weighted by Crippen LogP contribution is -2.53. The van der Waals surface area contributed by atoms with Crippen molar-refractivity contribution in [1.29, 1.82) is 0 Å². The van der Waals surface area contributed by atoms with E-state index in [-0.39, 0.29) is 33.7 Å². The molecule has 0 bridgehead atoms. The van der Waals surface area contributed by atoms with Gasteiger partial charge in [-0.2, -0.15) is 0 Å². The summed E-state index contributed by atoms with van der Waals surface area (Å²) in [5.74, 6) is -1.96. The third-order valence-corrected chi connectivity index (χ3v) is 6.23. The Bertz CT molecular complexity index is 1070. The van der Waals surface area contributed by atoms with E-state index in [1.165, 1.54) is 36.4 Å². The lowest BCUT2D eigenvalue weighted by Gasteiger charge is -2.34. The highest BCUT2D eigenvalue weighted by atomic mass is 35.5. The average molecular weight is 396 g/mol. The van der Waals surface area contributed by atoms with Gasteiger partial charge in [0, 0.05) is 17.7 Å². The van der Waals surface area contributed by atoms with Crippen LogP contribution in [0.3, 0.4) is 0 Å². The van der Waals surface area contributed by atoms with Gasteiger partial charge in [-0.15, -0.1) is 0 Å². The molecule has 2 aromatic rings. The van der Waals surface area contributed by atoms with Crippen LogP contribution in [0.15, 0.2) is 41.3 Å². The van der Waals surface area contributed by atoms with Gasteiger partial charge in [0.05, 0.1) is 15.6 Å². The van der Waals surface area contributed by atoms with Crippen molar-refractivity contribution in [3.05, 3.63) is 47.0 Å². The molecule has 0 aliphatic carbocycles. The first-order valence-electron chi connectivity index (χ1n) is 7.32. The van der Waals surface area contributed by atoms with Gasteiger partial charge in [0.25, 0.3) is 10.0 Å². The van der Waals surface area contributed by atoms with Crippen molar-refractivity contribution in [1.82, 2.24) is 0 Å². The first-order chi connectivity index (χ1) is 12.3. The molecular weight excluding hydrogens is 386 g/mol. The molecule has 2 aliphatic heterocycles.